The highest BCUT2D eigenvalue weighted by atomic mass is 19.3. The third-order valence-corrected chi connectivity index (χ3v) is 4.75. The second-order valence-corrected chi connectivity index (χ2v) is 8.63. The Morgan fingerprint density at radius 2 is 1.71 bits per heavy atom. The van der Waals surface area contributed by atoms with Crippen LogP contribution in [0.1, 0.15) is 37.9 Å². The monoisotopic (exact) mass is 439 g/mol. The molecule has 31 heavy (non-hydrogen) atoms. The molecule has 0 saturated carbocycles. The number of benzene rings is 1. The number of aromatic amines is 1. The van der Waals surface area contributed by atoms with Crippen LogP contribution in [-0.2, 0) is 18.4 Å². The maximum Gasteiger partial charge on any atom is 0.271 e. The third-order valence-electron chi connectivity index (χ3n) is 4.75. The minimum Gasteiger partial charge on any atom is -0.379 e. The van der Waals surface area contributed by atoms with Gasteiger partial charge in [-0.15, -0.1) is 0 Å². The number of hydrogen-bond acceptors (Lipinski definition) is 3. The van der Waals surface area contributed by atoms with Gasteiger partial charge in [0.15, 0.2) is 17.2 Å². The molecule has 2 aromatic heterocycles. The second kappa shape index (κ2) is 8.37. The predicted molar refractivity (Wildman–Crippen MR) is 105 cm³/mol. The summed E-state index contributed by atoms with van der Waals surface area (Å²) in [6, 6.07) is 4.04. The molecule has 0 aliphatic heterocycles. The van der Waals surface area contributed by atoms with Gasteiger partial charge in [-0.3, -0.25) is 4.98 Å². The van der Waals surface area contributed by atoms with Crippen LogP contribution in [0.25, 0.3) is 11.3 Å². The first-order valence-corrected chi connectivity index (χ1v) is 9.55. The Labute approximate surface area is 176 Å². The van der Waals surface area contributed by atoms with Gasteiger partial charge in [0.05, 0.1) is 17.6 Å². The largest absolute Gasteiger partial charge is 0.379 e. The van der Waals surface area contributed by atoms with E-state index in [4.69, 9.17) is 0 Å². The van der Waals surface area contributed by atoms with Crippen LogP contribution < -0.4 is 0 Å². The number of H-pyrrole nitrogens is 1. The van der Waals surface area contributed by atoms with E-state index in [9.17, 15) is 27.1 Å². The van der Waals surface area contributed by atoms with Crippen molar-refractivity contribution in [1.29, 1.82) is 0 Å². The van der Waals surface area contributed by atoms with Gasteiger partial charge in [-0.1, -0.05) is 26.8 Å². The molecule has 0 saturated heterocycles. The molecule has 0 amide bonds. The third kappa shape index (κ3) is 4.92. The minimum absolute atomic E-state index is 0.0196. The molecule has 2 N–H and O–H groups in total. The molecular weight excluding hydrogens is 417 g/mol. The van der Waals surface area contributed by atoms with Crippen LogP contribution in [0.3, 0.4) is 0 Å². The lowest BCUT2D eigenvalue weighted by molar-refractivity contribution is -0.105. The highest BCUT2D eigenvalue weighted by Gasteiger charge is 2.44. The van der Waals surface area contributed by atoms with Gasteiger partial charge in [-0.25, -0.2) is 26.9 Å². The van der Waals surface area contributed by atoms with E-state index < -0.39 is 41.5 Å². The number of hydrogen-bond donors (Lipinski definition) is 2. The summed E-state index contributed by atoms with van der Waals surface area (Å²) in [5.41, 5.74) is -3.85. The molecule has 0 spiro atoms. The number of rotatable bonds is 6. The zero-order valence-electron chi connectivity index (χ0n) is 17.2. The summed E-state index contributed by atoms with van der Waals surface area (Å²) in [7, 11) is 0. The van der Waals surface area contributed by atoms with Crippen molar-refractivity contribution < 1.29 is 27.1 Å². The molecule has 9 heteroatoms. The van der Waals surface area contributed by atoms with Crippen molar-refractivity contribution in [2.24, 2.45) is 5.41 Å². The maximum absolute atomic E-state index is 14.8. The van der Waals surface area contributed by atoms with Crippen molar-refractivity contribution in [2.75, 3.05) is 0 Å². The number of halogens is 5. The van der Waals surface area contributed by atoms with Crippen LogP contribution in [0.15, 0.2) is 36.7 Å². The normalized spacial score (nSPS) is 14.1. The number of imidazole rings is 1. The Morgan fingerprint density at radius 3 is 2.29 bits per heavy atom. The second-order valence-electron chi connectivity index (χ2n) is 8.63. The van der Waals surface area contributed by atoms with E-state index in [0.717, 1.165) is 30.5 Å². The van der Waals surface area contributed by atoms with Crippen molar-refractivity contribution in [3.8, 4) is 11.3 Å². The summed E-state index contributed by atoms with van der Waals surface area (Å²) in [4.78, 5) is 10.6. The first kappa shape index (κ1) is 22.9. The molecule has 1 unspecified atom stereocenters. The fraction of sp³-hybridized carbons (Fsp3) is 0.364. The molecule has 0 aliphatic rings. The van der Waals surface area contributed by atoms with E-state index in [1.54, 1.807) is 0 Å². The zero-order valence-corrected chi connectivity index (χ0v) is 17.2. The smallest absolute Gasteiger partial charge is 0.271 e. The maximum atomic E-state index is 14.8. The molecule has 0 bridgehead atoms. The molecule has 3 rings (SSSR count). The SMILES string of the molecule is CC(C)(C)Cc1c[nH]c(CC(O)(c2ccc(-c3ccc(F)cn3)c(F)c2F)C(F)F)n1. The molecule has 0 radical (unpaired) electrons. The number of nitrogens with zero attached hydrogens (tertiary/aromatic N) is 2. The molecule has 1 aromatic carbocycles. The molecule has 0 fully saturated rings. The van der Waals surface area contributed by atoms with Crippen molar-refractivity contribution in [3.63, 3.8) is 0 Å². The van der Waals surface area contributed by atoms with Crippen LogP contribution in [-0.4, -0.2) is 26.5 Å². The highest BCUT2D eigenvalue weighted by molar-refractivity contribution is 5.61. The highest BCUT2D eigenvalue weighted by Crippen LogP contribution is 2.36. The van der Waals surface area contributed by atoms with Crippen LogP contribution in [0.4, 0.5) is 22.0 Å². The summed E-state index contributed by atoms with van der Waals surface area (Å²) in [6.07, 6.45) is -1.26. The van der Waals surface area contributed by atoms with E-state index in [1.165, 1.54) is 6.20 Å². The van der Waals surface area contributed by atoms with E-state index in [-0.39, 0.29) is 22.5 Å². The lowest BCUT2D eigenvalue weighted by atomic mass is 9.88. The van der Waals surface area contributed by atoms with Gasteiger partial charge in [-0.2, -0.15) is 0 Å². The van der Waals surface area contributed by atoms with Crippen LogP contribution in [0.2, 0.25) is 0 Å². The lowest BCUT2D eigenvalue weighted by Gasteiger charge is -2.28. The molecular formula is C22H22F5N3O. The summed E-state index contributed by atoms with van der Waals surface area (Å²) in [6.45, 7) is 5.94. The summed E-state index contributed by atoms with van der Waals surface area (Å²) in [5, 5.41) is 10.7. The average molecular weight is 439 g/mol. The molecule has 2 heterocycles. The van der Waals surface area contributed by atoms with Crippen LogP contribution in [0.5, 0.6) is 0 Å². The Balaban J connectivity index is 1.97. The quantitative estimate of drug-likeness (QED) is 0.521. The van der Waals surface area contributed by atoms with Crippen LogP contribution in [0, 0.1) is 22.9 Å². The Morgan fingerprint density at radius 1 is 1.00 bits per heavy atom. The standard InChI is InChI=1S/C22H22F5N3O/c1-21(2,3)8-13-11-29-17(30-13)9-22(31,20(26)27)15-6-5-14(18(24)19(15)25)16-7-4-12(23)10-28-16/h4-7,10-11,20,31H,8-9H2,1-3H3,(H,29,30). The summed E-state index contributed by atoms with van der Waals surface area (Å²) < 4.78 is 70.3. The van der Waals surface area contributed by atoms with Crippen molar-refractivity contribution in [1.82, 2.24) is 15.0 Å². The molecule has 3 aromatic rings. The van der Waals surface area contributed by atoms with Crippen LogP contribution >= 0.6 is 0 Å². The van der Waals surface area contributed by atoms with Gasteiger partial charge in [0.2, 0.25) is 0 Å². The topological polar surface area (TPSA) is 61.8 Å². The fourth-order valence-corrected chi connectivity index (χ4v) is 3.29. The number of alkyl halides is 2. The van der Waals surface area contributed by atoms with Gasteiger partial charge < -0.3 is 10.1 Å². The molecule has 4 nitrogen and oxygen atoms in total. The number of nitrogens with one attached hydrogen (secondary N) is 1. The summed E-state index contributed by atoms with van der Waals surface area (Å²) >= 11 is 0. The fourth-order valence-electron chi connectivity index (χ4n) is 3.29. The number of aliphatic hydroxyl groups is 1. The molecule has 0 aliphatic carbocycles. The number of aromatic nitrogens is 3. The Kier molecular flexibility index (Phi) is 6.18. The van der Waals surface area contributed by atoms with Gasteiger partial charge >= 0.3 is 0 Å². The van der Waals surface area contributed by atoms with Crippen molar-refractivity contribution >= 4 is 0 Å². The van der Waals surface area contributed by atoms with Gasteiger partial charge in [-0.05, 0) is 30.0 Å². The van der Waals surface area contributed by atoms with E-state index in [2.05, 4.69) is 15.0 Å². The van der Waals surface area contributed by atoms with Gasteiger partial charge in [0.25, 0.3) is 6.43 Å². The van der Waals surface area contributed by atoms with E-state index in [1.807, 2.05) is 20.8 Å². The number of pyridine rings is 1. The van der Waals surface area contributed by atoms with Crippen molar-refractivity contribution in [3.05, 3.63) is 71.2 Å². The first-order chi connectivity index (χ1) is 14.4. The summed E-state index contributed by atoms with van der Waals surface area (Å²) in [5.74, 6) is -3.75. The molecule has 166 valence electrons. The van der Waals surface area contributed by atoms with E-state index in [0.29, 0.717) is 12.1 Å². The Bertz CT molecular complexity index is 1060. The van der Waals surface area contributed by atoms with Crippen molar-refractivity contribution in [2.45, 2.75) is 45.6 Å². The van der Waals surface area contributed by atoms with Gasteiger partial charge in [0.1, 0.15) is 11.6 Å². The minimum atomic E-state index is -3.42. The Hall–Kier alpha value is -2.81. The first-order valence-electron chi connectivity index (χ1n) is 9.55. The lowest BCUT2D eigenvalue weighted by Crippen LogP contribution is -2.38. The van der Waals surface area contributed by atoms with E-state index >= 15 is 0 Å². The zero-order chi connectivity index (χ0) is 23.0. The van der Waals surface area contributed by atoms with Gasteiger partial charge in [0, 0.05) is 23.7 Å². The predicted octanol–water partition coefficient (Wildman–Crippen LogP) is 5.17. The molecule has 1 atom stereocenters. The average Bonchev–Trinajstić information content (AvgIpc) is 3.09.